The maximum absolute atomic E-state index is 13.3. The molecule has 2 saturated heterocycles. The summed E-state index contributed by atoms with van der Waals surface area (Å²) in [6, 6.07) is 0. The lowest BCUT2D eigenvalue weighted by Gasteiger charge is -2.28. The second kappa shape index (κ2) is 12.2. The van der Waals surface area contributed by atoms with Gasteiger partial charge >= 0.3 is 16.1 Å². The number of aromatic nitrogens is 8. The lowest BCUT2D eigenvalue weighted by atomic mass is 9.97. The Balaban J connectivity index is 1.25. The van der Waals surface area contributed by atoms with Crippen LogP contribution >= 0.6 is 16.1 Å². The maximum atomic E-state index is 13.3. The third-order valence-electron chi connectivity index (χ3n) is 7.41. The van der Waals surface area contributed by atoms with Crippen molar-refractivity contribution in [2.45, 2.75) is 48.6 Å². The van der Waals surface area contributed by atoms with Crippen molar-refractivity contribution in [3.05, 3.63) is 29.3 Å². The van der Waals surface area contributed by atoms with Crippen LogP contribution in [0.15, 0.2) is 23.8 Å². The molecule has 250 valence electrons. The van der Waals surface area contributed by atoms with Gasteiger partial charge in [0, 0.05) is 4.57 Å². The summed E-state index contributed by atoms with van der Waals surface area (Å²) in [6.45, 7) is -1.72. The first-order valence-electron chi connectivity index (χ1n) is 13.2. The van der Waals surface area contributed by atoms with E-state index in [9.17, 15) is 34.1 Å². The Labute approximate surface area is 261 Å². The van der Waals surface area contributed by atoms with Crippen LogP contribution < -0.4 is 17.0 Å². The van der Waals surface area contributed by atoms with Crippen molar-refractivity contribution < 1.29 is 57.3 Å². The molecular formula is C22H25N10O13P2+. The molecule has 0 amide bonds. The van der Waals surface area contributed by atoms with E-state index in [1.807, 2.05) is 0 Å². The Morgan fingerprint density at radius 3 is 2.51 bits per heavy atom. The van der Waals surface area contributed by atoms with E-state index in [1.54, 1.807) is 0 Å². The van der Waals surface area contributed by atoms with Crippen molar-refractivity contribution in [2.24, 2.45) is 0 Å². The Bertz CT molecular complexity index is 2000. The zero-order valence-corrected chi connectivity index (χ0v) is 25.2. The molecule has 6 heterocycles. The average molecular weight is 699 g/mol. The van der Waals surface area contributed by atoms with E-state index < -0.39 is 83.4 Å². The minimum Gasteiger partial charge on any atom is -0.387 e. The minimum atomic E-state index is -5.30. The Morgan fingerprint density at radius 2 is 1.81 bits per heavy atom. The van der Waals surface area contributed by atoms with Gasteiger partial charge in [0.05, 0.1) is 12.7 Å². The molecule has 10 atom stereocenters. The highest BCUT2D eigenvalue weighted by Crippen LogP contribution is 2.51. The number of nitrogens with zero attached hydrogens (tertiary/aromatic N) is 7. The molecule has 0 saturated carbocycles. The molecule has 2 aliphatic rings. The molecule has 0 bridgehead atoms. The van der Waals surface area contributed by atoms with Crippen LogP contribution in [-0.2, 0) is 32.2 Å². The largest absolute Gasteiger partial charge is 0.694 e. The first-order chi connectivity index (χ1) is 22.2. The zero-order chi connectivity index (χ0) is 33.8. The van der Waals surface area contributed by atoms with Crippen molar-refractivity contribution in [3.8, 4) is 12.3 Å². The molecule has 4 aromatic rings. The molecule has 2 aliphatic heterocycles. The van der Waals surface area contributed by atoms with Gasteiger partial charge in [-0.1, -0.05) is 5.92 Å². The van der Waals surface area contributed by atoms with Crippen molar-refractivity contribution in [2.75, 3.05) is 24.7 Å². The predicted molar refractivity (Wildman–Crippen MR) is 152 cm³/mol. The number of rotatable bonds is 10. The normalized spacial score (nSPS) is 30.9. The number of H-pyrrole nitrogens is 1. The highest BCUT2D eigenvalue weighted by molar-refractivity contribution is 7.47. The van der Waals surface area contributed by atoms with E-state index in [-0.39, 0.29) is 34.1 Å². The lowest BCUT2D eigenvalue weighted by molar-refractivity contribution is -0.0943. The Morgan fingerprint density at radius 1 is 1.11 bits per heavy atom. The Kier molecular flexibility index (Phi) is 8.56. The molecule has 0 aliphatic carbocycles. The van der Waals surface area contributed by atoms with Gasteiger partial charge in [-0.25, -0.2) is 24.5 Å². The predicted octanol–water partition coefficient (Wildman–Crippen LogP) is -2.83. The van der Waals surface area contributed by atoms with Crippen LogP contribution in [0.5, 0.6) is 0 Å². The number of hydrogen-bond acceptors (Lipinski definition) is 18. The molecule has 0 aromatic carbocycles. The van der Waals surface area contributed by atoms with Gasteiger partial charge in [-0.3, -0.25) is 28.0 Å². The van der Waals surface area contributed by atoms with Crippen LogP contribution in [-0.4, -0.2) is 113 Å². The van der Waals surface area contributed by atoms with Gasteiger partial charge in [0.15, 0.2) is 40.7 Å². The molecular weight excluding hydrogens is 674 g/mol. The van der Waals surface area contributed by atoms with Crippen LogP contribution in [0.3, 0.4) is 0 Å². The summed E-state index contributed by atoms with van der Waals surface area (Å²) < 4.78 is 53.2. The number of phosphoric acid groups is 1. The second-order valence-corrected chi connectivity index (χ2v) is 12.4. The summed E-state index contributed by atoms with van der Waals surface area (Å²) in [5.74, 6) is 1.85. The van der Waals surface area contributed by atoms with Crippen LogP contribution in [0, 0.1) is 12.3 Å². The summed E-state index contributed by atoms with van der Waals surface area (Å²) in [5, 5.41) is 32.7. The molecule has 25 heteroatoms. The standard InChI is InChI=1S/C22H24N10O13P2/c1-2-22(14(35)12(34)19(44-22)31-6-27-9-15(23)25-5-26-16(9)31)4-42-47(39,40)45-13-11(33)8(3-41-46(37)38)43-20(13)32-7-28-10-17(32)29-21(24)30-18(10)36/h1,5-8,11-14,19-20,33-35H,3-4H2,(H6-,23,24,25,26,29,30,36,37,38,39,40)/p+1/t8-,11?,12?,13?,14?,19-,20-,22-/m1/s1. The summed E-state index contributed by atoms with van der Waals surface area (Å²) in [5.41, 5.74) is 8.38. The van der Waals surface area contributed by atoms with Crippen LogP contribution in [0.2, 0.25) is 0 Å². The second-order valence-electron chi connectivity index (χ2n) is 10.2. The number of phosphoric ester groups is 1. The molecule has 6 rings (SSSR count). The first kappa shape index (κ1) is 32.9. The fourth-order valence-corrected chi connectivity index (χ4v) is 6.39. The number of aliphatic hydroxyl groups is 3. The molecule has 0 radical (unpaired) electrons. The number of nitrogen functional groups attached to an aromatic ring is 2. The van der Waals surface area contributed by atoms with Crippen molar-refractivity contribution in [3.63, 3.8) is 0 Å². The van der Waals surface area contributed by atoms with Crippen molar-refractivity contribution in [1.82, 2.24) is 39.0 Å². The first-order valence-corrected chi connectivity index (χ1v) is 15.8. The highest BCUT2D eigenvalue weighted by atomic mass is 31.2. The number of ether oxygens (including phenoxy) is 2. The highest BCUT2D eigenvalue weighted by Gasteiger charge is 2.56. The van der Waals surface area contributed by atoms with Gasteiger partial charge in [0.2, 0.25) is 5.95 Å². The summed E-state index contributed by atoms with van der Waals surface area (Å²) >= 11 is 0. The van der Waals surface area contributed by atoms with Gasteiger partial charge in [-0.2, -0.15) is 4.98 Å². The average Bonchev–Trinajstić information content (AvgIpc) is 3.77. The number of fused-ring (bicyclic) bond motifs is 2. The number of imidazole rings is 2. The van der Waals surface area contributed by atoms with Crippen molar-refractivity contribution >= 4 is 50.2 Å². The monoisotopic (exact) mass is 699 g/mol. The van der Waals surface area contributed by atoms with E-state index in [1.165, 1.54) is 10.9 Å². The number of hydrogen-bond donors (Lipinski definition) is 8. The van der Waals surface area contributed by atoms with Crippen LogP contribution in [0.25, 0.3) is 22.3 Å². The third kappa shape index (κ3) is 5.87. The van der Waals surface area contributed by atoms with Crippen LogP contribution in [0.1, 0.15) is 12.5 Å². The number of nitrogens with two attached hydrogens (primary N) is 2. The zero-order valence-electron chi connectivity index (χ0n) is 23.4. The maximum Gasteiger partial charge on any atom is 0.694 e. The minimum absolute atomic E-state index is 0.0248. The molecule has 4 aromatic heterocycles. The topological polar surface area (TPSA) is 341 Å². The summed E-state index contributed by atoms with van der Waals surface area (Å²) in [4.78, 5) is 54.2. The Hall–Kier alpha value is -4.01. The molecule has 47 heavy (non-hydrogen) atoms. The fourth-order valence-electron chi connectivity index (χ4n) is 5.17. The quantitative estimate of drug-likeness (QED) is 0.0611. The van der Waals surface area contributed by atoms with Crippen LogP contribution in [0.4, 0.5) is 11.8 Å². The molecule has 0 spiro atoms. The number of aromatic amines is 1. The molecule has 2 fully saturated rings. The number of terminal acetylenes is 1. The molecule has 23 nitrogen and oxygen atoms in total. The smallest absolute Gasteiger partial charge is 0.387 e. The fraction of sp³-hybridized carbons (Fsp3) is 0.455. The van der Waals surface area contributed by atoms with E-state index in [4.69, 9.17) is 41.3 Å². The number of anilines is 2. The van der Waals surface area contributed by atoms with Gasteiger partial charge in [0.25, 0.3) is 5.56 Å². The molecule has 10 N–H and O–H groups in total. The van der Waals surface area contributed by atoms with E-state index in [2.05, 4.69) is 40.3 Å². The third-order valence-corrected chi connectivity index (χ3v) is 8.75. The summed E-state index contributed by atoms with van der Waals surface area (Å²) in [6.07, 6.45) is -2.64. The molecule has 6 unspecified atom stereocenters. The SMILES string of the molecule is C#C[C@]1(COP(=O)(O)OC2C(O)[C@@H](CO[P+](=O)O)O[C@H]2n2cnc3c(=O)[nH]c(N)nc32)O[C@@H](n2cnc3c(N)ncnc32)C(O)C1O. The number of nitrogens with one attached hydrogen (secondary N) is 1. The number of aliphatic hydroxyl groups excluding tert-OH is 3. The van der Waals surface area contributed by atoms with Gasteiger partial charge in [-0.15, -0.1) is 15.8 Å². The van der Waals surface area contributed by atoms with E-state index in [0.29, 0.717) is 0 Å². The lowest BCUT2D eigenvalue weighted by Crippen LogP contribution is -2.45. The van der Waals surface area contributed by atoms with Gasteiger partial charge < -0.3 is 41.2 Å². The summed E-state index contributed by atoms with van der Waals surface area (Å²) in [7, 11) is -8.43. The van der Waals surface area contributed by atoms with E-state index >= 15 is 0 Å². The van der Waals surface area contributed by atoms with Crippen molar-refractivity contribution in [1.29, 1.82) is 0 Å². The van der Waals surface area contributed by atoms with E-state index in [0.717, 1.165) is 17.2 Å². The van der Waals surface area contributed by atoms with Gasteiger partial charge in [-0.05, 0) is 0 Å². The van der Waals surface area contributed by atoms with Gasteiger partial charge in [0.1, 0.15) is 55.6 Å².